The Labute approximate surface area is 118 Å². The molecule has 4 heteroatoms. The number of esters is 1. The van der Waals surface area contributed by atoms with Crippen LogP contribution < -0.4 is 0 Å². The van der Waals surface area contributed by atoms with E-state index in [0.29, 0.717) is 0 Å². The number of piperidine rings is 2. The lowest BCUT2D eigenvalue weighted by molar-refractivity contribution is -0.147. The fourth-order valence-corrected chi connectivity index (χ4v) is 3.03. The number of methoxy groups -OCH3 is 1. The van der Waals surface area contributed by atoms with Gasteiger partial charge in [-0.2, -0.15) is 0 Å². The number of hydrogen-bond donors (Lipinski definition) is 0. The van der Waals surface area contributed by atoms with Gasteiger partial charge in [0, 0.05) is 6.04 Å². The summed E-state index contributed by atoms with van der Waals surface area (Å²) in [5.41, 5.74) is 0. The minimum absolute atomic E-state index is 0.0203. The smallest absolute Gasteiger partial charge is 0.308 e. The number of carbonyl (C=O) groups is 1. The van der Waals surface area contributed by atoms with Gasteiger partial charge in [-0.3, -0.25) is 4.79 Å². The van der Waals surface area contributed by atoms with Crippen molar-refractivity contribution in [1.29, 1.82) is 0 Å². The molecule has 2 aliphatic heterocycles. The SMILES string of the molecule is CC.COC(=O)C1CCN(C2CCN(C)CC2)CC1. The average Bonchev–Trinajstić information content (AvgIpc) is 2.49. The second-order valence-corrected chi connectivity index (χ2v) is 5.37. The molecule has 0 N–H and O–H groups in total. The second kappa shape index (κ2) is 8.54. The highest BCUT2D eigenvalue weighted by Crippen LogP contribution is 2.24. The Kier molecular flexibility index (Phi) is 7.39. The summed E-state index contributed by atoms with van der Waals surface area (Å²) in [5, 5.41) is 0. The van der Waals surface area contributed by atoms with E-state index in [4.69, 9.17) is 4.74 Å². The molecule has 2 rings (SSSR count). The van der Waals surface area contributed by atoms with Crippen LogP contribution in [-0.4, -0.2) is 62.1 Å². The highest BCUT2D eigenvalue weighted by atomic mass is 16.5. The standard InChI is InChI=1S/C13H24N2O2.C2H6/c1-14-7-5-12(6-8-14)15-9-3-11(4-10-15)13(16)17-2;1-2/h11-12H,3-10H2,1-2H3;1-2H3. The van der Waals surface area contributed by atoms with E-state index in [1.807, 2.05) is 13.8 Å². The van der Waals surface area contributed by atoms with Gasteiger partial charge in [-0.25, -0.2) is 0 Å². The molecule has 19 heavy (non-hydrogen) atoms. The van der Waals surface area contributed by atoms with Crippen molar-refractivity contribution in [2.45, 2.75) is 45.6 Å². The van der Waals surface area contributed by atoms with Gasteiger partial charge in [0.25, 0.3) is 0 Å². The summed E-state index contributed by atoms with van der Waals surface area (Å²) in [4.78, 5) is 16.4. The van der Waals surface area contributed by atoms with Crippen molar-refractivity contribution in [1.82, 2.24) is 9.80 Å². The number of nitrogens with zero attached hydrogens (tertiary/aromatic N) is 2. The first-order valence-electron chi connectivity index (χ1n) is 7.71. The fourth-order valence-electron chi connectivity index (χ4n) is 3.03. The maximum Gasteiger partial charge on any atom is 0.308 e. The molecule has 0 atom stereocenters. The largest absolute Gasteiger partial charge is 0.469 e. The first-order chi connectivity index (χ1) is 9.20. The molecule has 2 saturated heterocycles. The van der Waals surface area contributed by atoms with Gasteiger partial charge in [-0.1, -0.05) is 13.8 Å². The van der Waals surface area contributed by atoms with Crippen LogP contribution in [0.1, 0.15) is 39.5 Å². The second-order valence-electron chi connectivity index (χ2n) is 5.37. The minimum atomic E-state index is -0.0203. The molecule has 0 radical (unpaired) electrons. The zero-order chi connectivity index (χ0) is 14.3. The normalized spacial score (nSPS) is 23.6. The van der Waals surface area contributed by atoms with Crippen molar-refractivity contribution >= 4 is 5.97 Å². The Hall–Kier alpha value is -0.610. The molecular weight excluding hydrogens is 240 g/mol. The fraction of sp³-hybridized carbons (Fsp3) is 0.933. The van der Waals surface area contributed by atoms with Crippen molar-refractivity contribution < 1.29 is 9.53 Å². The van der Waals surface area contributed by atoms with Crippen molar-refractivity contribution in [3.05, 3.63) is 0 Å². The summed E-state index contributed by atoms with van der Waals surface area (Å²) in [7, 11) is 3.69. The Balaban J connectivity index is 0.000000861. The molecule has 0 aromatic carbocycles. The third-order valence-electron chi connectivity index (χ3n) is 4.27. The Morgan fingerprint density at radius 2 is 1.53 bits per heavy atom. The average molecular weight is 270 g/mol. The van der Waals surface area contributed by atoms with Crippen LogP contribution in [0.5, 0.6) is 0 Å². The van der Waals surface area contributed by atoms with E-state index in [2.05, 4.69) is 16.8 Å². The third kappa shape index (κ3) is 4.77. The highest BCUT2D eigenvalue weighted by Gasteiger charge is 2.30. The van der Waals surface area contributed by atoms with Gasteiger partial charge in [0.2, 0.25) is 0 Å². The van der Waals surface area contributed by atoms with Crippen LogP contribution in [0.2, 0.25) is 0 Å². The number of likely N-dealkylation sites (tertiary alicyclic amines) is 2. The number of carbonyl (C=O) groups excluding carboxylic acids is 1. The summed E-state index contributed by atoms with van der Waals surface area (Å²) in [6, 6.07) is 0.741. The lowest BCUT2D eigenvalue weighted by atomic mass is 9.93. The predicted octanol–water partition coefficient (Wildman–Crippen LogP) is 1.99. The van der Waals surface area contributed by atoms with Crippen LogP contribution in [0.4, 0.5) is 0 Å². The number of hydrogen-bond acceptors (Lipinski definition) is 4. The molecular formula is C15H30N2O2. The quantitative estimate of drug-likeness (QED) is 0.719. The Bertz CT molecular complexity index is 255. The minimum Gasteiger partial charge on any atom is -0.469 e. The Morgan fingerprint density at radius 3 is 2.00 bits per heavy atom. The molecule has 0 saturated carbocycles. The first-order valence-corrected chi connectivity index (χ1v) is 7.71. The van der Waals surface area contributed by atoms with E-state index in [0.717, 1.165) is 32.0 Å². The van der Waals surface area contributed by atoms with Crippen LogP contribution in [0, 0.1) is 5.92 Å². The van der Waals surface area contributed by atoms with E-state index in [1.165, 1.54) is 33.0 Å². The van der Waals surface area contributed by atoms with Crippen molar-refractivity contribution in [2.75, 3.05) is 40.3 Å². The molecule has 0 aliphatic carbocycles. The van der Waals surface area contributed by atoms with Gasteiger partial charge in [-0.15, -0.1) is 0 Å². The van der Waals surface area contributed by atoms with Crippen LogP contribution in [0.15, 0.2) is 0 Å². The van der Waals surface area contributed by atoms with Gasteiger partial charge in [0.05, 0.1) is 13.0 Å². The summed E-state index contributed by atoms with van der Waals surface area (Å²) < 4.78 is 4.82. The highest BCUT2D eigenvalue weighted by molar-refractivity contribution is 5.72. The molecule has 2 fully saturated rings. The molecule has 0 unspecified atom stereocenters. The number of ether oxygens (including phenoxy) is 1. The van der Waals surface area contributed by atoms with E-state index in [-0.39, 0.29) is 11.9 Å². The van der Waals surface area contributed by atoms with E-state index in [9.17, 15) is 4.79 Å². The summed E-state index contributed by atoms with van der Waals surface area (Å²) in [5.74, 6) is 0.121. The topological polar surface area (TPSA) is 32.8 Å². The summed E-state index contributed by atoms with van der Waals surface area (Å²) >= 11 is 0. The summed E-state index contributed by atoms with van der Waals surface area (Å²) in [6.07, 6.45) is 4.50. The van der Waals surface area contributed by atoms with Crippen molar-refractivity contribution in [3.63, 3.8) is 0 Å². The van der Waals surface area contributed by atoms with Gasteiger partial charge in [0.15, 0.2) is 0 Å². The van der Waals surface area contributed by atoms with Crippen molar-refractivity contribution in [2.24, 2.45) is 5.92 Å². The van der Waals surface area contributed by atoms with Gasteiger partial charge in [-0.05, 0) is 58.9 Å². The third-order valence-corrected chi connectivity index (χ3v) is 4.27. The monoisotopic (exact) mass is 270 g/mol. The zero-order valence-corrected chi connectivity index (χ0v) is 13.0. The Morgan fingerprint density at radius 1 is 1.00 bits per heavy atom. The zero-order valence-electron chi connectivity index (χ0n) is 13.0. The van der Waals surface area contributed by atoms with Gasteiger partial charge in [0.1, 0.15) is 0 Å². The molecule has 2 heterocycles. The van der Waals surface area contributed by atoms with E-state index in [1.54, 1.807) is 0 Å². The molecule has 0 bridgehead atoms. The van der Waals surface area contributed by atoms with Crippen LogP contribution >= 0.6 is 0 Å². The van der Waals surface area contributed by atoms with Crippen LogP contribution in [0.3, 0.4) is 0 Å². The molecule has 4 nitrogen and oxygen atoms in total. The van der Waals surface area contributed by atoms with Crippen molar-refractivity contribution in [3.8, 4) is 0 Å². The molecule has 0 amide bonds. The van der Waals surface area contributed by atoms with Crippen LogP contribution in [-0.2, 0) is 9.53 Å². The van der Waals surface area contributed by atoms with Crippen LogP contribution in [0.25, 0.3) is 0 Å². The lowest BCUT2D eigenvalue weighted by Crippen LogP contribution is -2.47. The van der Waals surface area contributed by atoms with Gasteiger partial charge < -0.3 is 14.5 Å². The predicted molar refractivity (Wildman–Crippen MR) is 78.2 cm³/mol. The van der Waals surface area contributed by atoms with E-state index < -0.39 is 0 Å². The maximum atomic E-state index is 11.4. The molecule has 112 valence electrons. The summed E-state index contributed by atoms with van der Waals surface area (Å²) in [6.45, 7) is 8.55. The molecule has 0 aromatic heterocycles. The number of rotatable bonds is 2. The first kappa shape index (κ1) is 16.4. The molecule has 0 spiro atoms. The van der Waals surface area contributed by atoms with Gasteiger partial charge >= 0.3 is 5.97 Å². The molecule has 2 aliphatic rings. The van der Waals surface area contributed by atoms with E-state index >= 15 is 0 Å². The molecule has 0 aromatic rings. The maximum absolute atomic E-state index is 11.4. The lowest BCUT2D eigenvalue weighted by Gasteiger charge is -2.40.